The van der Waals surface area contributed by atoms with Crippen molar-refractivity contribution in [1.29, 1.82) is 0 Å². The lowest BCUT2D eigenvalue weighted by atomic mass is 10.1. The number of halogens is 1. The van der Waals surface area contributed by atoms with Gasteiger partial charge in [0.1, 0.15) is 0 Å². The van der Waals surface area contributed by atoms with E-state index in [4.69, 9.17) is 0 Å². The first-order valence-electron chi connectivity index (χ1n) is 8.86. The first-order valence-corrected chi connectivity index (χ1v) is 9.65. The number of nitrogens with one attached hydrogen (secondary N) is 1. The van der Waals surface area contributed by atoms with E-state index < -0.39 is 0 Å². The van der Waals surface area contributed by atoms with E-state index in [-0.39, 0.29) is 11.8 Å². The van der Waals surface area contributed by atoms with Crippen LogP contribution in [0, 0.1) is 13.8 Å². The van der Waals surface area contributed by atoms with Crippen molar-refractivity contribution in [1.82, 2.24) is 9.47 Å². The molecule has 0 aliphatic carbocycles. The summed E-state index contributed by atoms with van der Waals surface area (Å²) < 4.78 is 3.05. The third-order valence-electron chi connectivity index (χ3n) is 4.53. The molecule has 0 bridgehead atoms. The number of hydrogen-bond donors (Lipinski definition) is 1. The molecule has 28 heavy (non-hydrogen) atoms. The zero-order valence-electron chi connectivity index (χ0n) is 16.3. The van der Waals surface area contributed by atoms with E-state index in [1.807, 2.05) is 48.7 Å². The Labute approximate surface area is 173 Å². The number of hydrogen-bond acceptors (Lipinski definition) is 2. The first-order chi connectivity index (χ1) is 13.3. The number of amides is 2. The number of anilines is 1. The number of aryl methyl sites for hydroxylation is 1. The van der Waals surface area contributed by atoms with Crippen LogP contribution in [-0.4, -0.2) is 35.4 Å². The van der Waals surface area contributed by atoms with Gasteiger partial charge in [0, 0.05) is 46.9 Å². The molecule has 3 rings (SSSR count). The summed E-state index contributed by atoms with van der Waals surface area (Å²) in [7, 11) is 3.40. The van der Waals surface area contributed by atoms with Crippen LogP contribution in [0.1, 0.15) is 32.1 Å². The van der Waals surface area contributed by atoms with Crippen molar-refractivity contribution in [2.24, 2.45) is 0 Å². The van der Waals surface area contributed by atoms with Crippen LogP contribution < -0.4 is 5.32 Å². The van der Waals surface area contributed by atoms with E-state index in [0.717, 1.165) is 21.5 Å². The minimum Gasteiger partial charge on any atom is -0.345 e. The maximum absolute atomic E-state index is 12.9. The number of carbonyl (C=O) groups excluding carboxylic acids is 2. The highest BCUT2D eigenvalue weighted by Crippen LogP contribution is 2.23. The van der Waals surface area contributed by atoms with Crippen molar-refractivity contribution < 1.29 is 9.59 Å². The lowest BCUT2D eigenvalue weighted by Gasteiger charge is -2.12. The smallest absolute Gasteiger partial charge is 0.257 e. The van der Waals surface area contributed by atoms with E-state index in [2.05, 4.69) is 21.2 Å². The van der Waals surface area contributed by atoms with E-state index in [0.29, 0.717) is 16.8 Å². The largest absolute Gasteiger partial charge is 0.345 e. The van der Waals surface area contributed by atoms with Crippen molar-refractivity contribution in [3.8, 4) is 5.69 Å². The van der Waals surface area contributed by atoms with Gasteiger partial charge in [-0.3, -0.25) is 9.59 Å². The van der Waals surface area contributed by atoms with Crippen LogP contribution in [-0.2, 0) is 0 Å². The highest BCUT2D eigenvalue weighted by Gasteiger charge is 2.17. The predicted octanol–water partition coefficient (Wildman–Crippen LogP) is 4.81. The molecule has 0 aliphatic rings. The lowest BCUT2D eigenvalue weighted by Crippen LogP contribution is -2.22. The number of carbonyl (C=O) groups is 2. The molecule has 1 aromatic heterocycles. The molecule has 1 N–H and O–H groups in total. The third-order valence-corrected chi connectivity index (χ3v) is 5.06. The fourth-order valence-electron chi connectivity index (χ4n) is 3.17. The lowest BCUT2D eigenvalue weighted by molar-refractivity contribution is 0.0827. The number of aromatic nitrogens is 1. The summed E-state index contributed by atoms with van der Waals surface area (Å²) in [6.45, 7) is 3.90. The van der Waals surface area contributed by atoms with Gasteiger partial charge in [0.25, 0.3) is 11.8 Å². The van der Waals surface area contributed by atoms with Crippen LogP contribution in [0.4, 0.5) is 5.69 Å². The van der Waals surface area contributed by atoms with Crippen LogP contribution in [0.5, 0.6) is 0 Å². The van der Waals surface area contributed by atoms with E-state index in [1.165, 1.54) is 4.90 Å². The summed E-state index contributed by atoms with van der Waals surface area (Å²) in [6.07, 6.45) is 0. The van der Waals surface area contributed by atoms with Gasteiger partial charge in [-0.15, -0.1) is 0 Å². The van der Waals surface area contributed by atoms with Crippen LogP contribution >= 0.6 is 15.9 Å². The van der Waals surface area contributed by atoms with Crippen molar-refractivity contribution in [2.45, 2.75) is 13.8 Å². The molecule has 2 aromatic carbocycles. The highest BCUT2D eigenvalue weighted by atomic mass is 79.9. The monoisotopic (exact) mass is 439 g/mol. The molecule has 0 aliphatic heterocycles. The standard InChI is InChI=1S/C22H22BrN3O2/c1-14-12-20(15(2)26(14)19-10-8-17(23)9-11-19)21(27)24-18-7-5-6-16(13-18)22(28)25(3)4/h5-13H,1-4H3,(H,24,27). The van der Waals surface area contributed by atoms with Crippen LogP contribution in [0.3, 0.4) is 0 Å². The molecule has 0 unspecified atom stereocenters. The zero-order valence-corrected chi connectivity index (χ0v) is 17.9. The van der Waals surface area contributed by atoms with Crippen molar-refractivity contribution in [2.75, 3.05) is 19.4 Å². The van der Waals surface area contributed by atoms with Gasteiger partial charge in [-0.1, -0.05) is 22.0 Å². The molecule has 0 radical (unpaired) electrons. The molecule has 5 nitrogen and oxygen atoms in total. The Morgan fingerprint density at radius 2 is 1.68 bits per heavy atom. The summed E-state index contributed by atoms with van der Waals surface area (Å²) >= 11 is 3.44. The maximum Gasteiger partial charge on any atom is 0.257 e. The molecule has 0 atom stereocenters. The zero-order chi connectivity index (χ0) is 20.4. The average molecular weight is 440 g/mol. The van der Waals surface area contributed by atoms with Gasteiger partial charge in [-0.2, -0.15) is 0 Å². The Morgan fingerprint density at radius 3 is 2.32 bits per heavy atom. The van der Waals surface area contributed by atoms with Gasteiger partial charge in [0.2, 0.25) is 0 Å². The van der Waals surface area contributed by atoms with Crippen LogP contribution in [0.2, 0.25) is 0 Å². The SMILES string of the molecule is Cc1cc(C(=O)Nc2cccc(C(=O)N(C)C)c2)c(C)n1-c1ccc(Br)cc1. The maximum atomic E-state index is 12.9. The van der Waals surface area contributed by atoms with E-state index in [9.17, 15) is 9.59 Å². The number of nitrogens with zero attached hydrogens (tertiary/aromatic N) is 2. The fraction of sp³-hybridized carbons (Fsp3) is 0.182. The molecule has 1 heterocycles. The molecule has 6 heteroatoms. The molecule has 3 aromatic rings. The second kappa shape index (κ2) is 8.02. The molecule has 144 valence electrons. The fourth-order valence-corrected chi connectivity index (χ4v) is 3.43. The summed E-state index contributed by atoms with van der Waals surface area (Å²) in [4.78, 5) is 26.5. The predicted molar refractivity (Wildman–Crippen MR) is 115 cm³/mol. The van der Waals surface area contributed by atoms with Crippen LogP contribution in [0.15, 0.2) is 59.1 Å². The Hall–Kier alpha value is -2.86. The van der Waals surface area contributed by atoms with Gasteiger partial charge >= 0.3 is 0 Å². The highest BCUT2D eigenvalue weighted by molar-refractivity contribution is 9.10. The molecular formula is C22H22BrN3O2. The summed E-state index contributed by atoms with van der Waals surface area (Å²) in [6, 6.07) is 16.8. The van der Waals surface area contributed by atoms with Crippen molar-refractivity contribution in [3.05, 3.63) is 81.6 Å². The number of benzene rings is 2. The first kappa shape index (κ1) is 19.9. The summed E-state index contributed by atoms with van der Waals surface area (Å²) in [5.74, 6) is -0.310. The van der Waals surface area contributed by atoms with Crippen LogP contribution in [0.25, 0.3) is 5.69 Å². The Morgan fingerprint density at radius 1 is 1.00 bits per heavy atom. The number of rotatable bonds is 4. The molecule has 0 fully saturated rings. The van der Waals surface area contributed by atoms with Gasteiger partial charge in [-0.05, 0) is 62.4 Å². The Balaban J connectivity index is 1.88. The molecule has 0 saturated heterocycles. The van der Waals surface area contributed by atoms with E-state index >= 15 is 0 Å². The second-order valence-electron chi connectivity index (χ2n) is 6.83. The molecule has 2 amide bonds. The molecule has 0 saturated carbocycles. The van der Waals surface area contributed by atoms with Gasteiger partial charge < -0.3 is 14.8 Å². The average Bonchev–Trinajstić information content (AvgIpc) is 2.96. The van der Waals surface area contributed by atoms with E-state index in [1.54, 1.807) is 38.4 Å². The van der Waals surface area contributed by atoms with Crippen molar-refractivity contribution >= 4 is 33.4 Å². The second-order valence-corrected chi connectivity index (χ2v) is 7.75. The normalized spacial score (nSPS) is 10.6. The van der Waals surface area contributed by atoms with Crippen molar-refractivity contribution in [3.63, 3.8) is 0 Å². The minimum atomic E-state index is -0.203. The minimum absolute atomic E-state index is 0.107. The topological polar surface area (TPSA) is 54.3 Å². The van der Waals surface area contributed by atoms with Gasteiger partial charge in [0.15, 0.2) is 0 Å². The molecular weight excluding hydrogens is 418 g/mol. The summed E-state index contributed by atoms with van der Waals surface area (Å²) in [5.41, 5.74) is 4.55. The Kier molecular flexibility index (Phi) is 5.70. The van der Waals surface area contributed by atoms with Gasteiger partial charge in [-0.25, -0.2) is 0 Å². The quantitative estimate of drug-likeness (QED) is 0.633. The van der Waals surface area contributed by atoms with Gasteiger partial charge in [0.05, 0.1) is 5.56 Å². The Bertz CT molecular complexity index is 1040. The molecule has 0 spiro atoms. The summed E-state index contributed by atoms with van der Waals surface area (Å²) in [5, 5.41) is 2.90. The third kappa shape index (κ3) is 4.02.